The minimum Gasteiger partial charge on any atom is -0.494 e. The van der Waals surface area contributed by atoms with Crippen LogP contribution in [0.5, 0.6) is 5.75 Å². The summed E-state index contributed by atoms with van der Waals surface area (Å²) in [5, 5.41) is 7.72. The summed E-state index contributed by atoms with van der Waals surface area (Å²) in [6, 6.07) is 4.49. The Morgan fingerprint density at radius 2 is 2.24 bits per heavy atom. The number of halogens is 1. The molecule has 0 aliphatic rings. The van der Waals surface area contributed by atoms with E-state index >= 15 is 0 Å². The molecule has 90 valence electrons. The zero-order chi connectivity index (χ0) is 12.4. The van der Waals surface area contributed by atoms with Gasteiger partial charge in [0.1, 0.15) is 0 Å². The van der Waals surface area contributed by atoms with Gasteiger partial charge in [0.15, 0.2) is 17.4 Å². The van der Waals surface area contributed by atoms with Crippen LogP contribution in [0.3, 0.4) is 0 Å². The Kier molecular flexibility index (Phi) is 2.95. The largest absolute Gasteiger partial charge is 0.494 e. The molecule has 0 bridgehead atoms. The third kappa shape index (κ3) is 1.93. The molecular formula is C11H13FN4O. The van der Waals surface area contributed by atoms with Crippen LogP contribution in [-0.2, 0) is 6.42 Å². The molecule has 0 saturated heterocycles. The summed E-state index contributed by atoms with van der Waals surface area (Å²) in [7, 11) is 1.42. The molecule has 2 N–H and O–H groups in total. The zero-order valence-corrected chi connectivity index (χ0v) is 9.64. The van der Waals surface area contributed by atoms with Gasteiger partial charge in [0.05, 0.1) is 18.5 Å². The van der Waals surface area contributed by atoms with Crippen LogP contribution in [0.25, 0.3) is 5.69 Å². The molecule has 0 spiro atoms. The lowest BCUT2D eigenvalue weighted by molar-refractivity contribution is 0.386. The van der Waals surface area contributed by atoms with Gasteiger partial charge in [0, 0.05) is 6.07 Å². The average Bonchev–Trinajstić information content (AvgIpc) is 2.71. The highest BCUT2D eigenvalue weighted by Gasteiger charge is 2.12. The van der Waals surface area contributed by atoms with Gasteiger partial charge in [-0.3, -0.25) is 0 Å². The van der Waals surface area contributed by atoms with E-state index in [0.717, 1.165) is 5.69 Å². The van der Waals surface area contributed by atoms with Crippen LogP contribution in [0.4, 0.5) is 10.2 Å². The Morgan fingerprint density at radius 1 is 1.47 bits per heavy atom. The molecule has 0 radical (unpaired) electrons. The third-order valence-electron chi connectivity index (χ3n) is 2.51. The van der Waals surface area contributed by atoms with E-state index < -0.39 is 5.82 Å². The lowest BCUT2D eigenvalue weighted by Gasteiger charge is -2.07. The van der Waals surface area contributed by atoms with Crippen molar-refractivity contribution < 1.29 is 9.13 Å². The van der Waals surface area contributed by atoms with E-state index in [1.165, 1.54) is 13.2 Å². The Labute approximate surface area is 98.0 Å². The summed E-state index contributed by atoms with van der Waals surface area (Å²) >= 11 is 0. The number of benzene rings is 1. The van der Waals surface area contributed by atoms with Gasteiger partial charge in [0.25, 0.3) is 0 Å². The average molecular weight is 236 g/mol. The minimum atomic E-state index is -0.414. The summed E-state index contributed by atoms with van der Waals surface area (Å²) in [6.07, 6.45) is 0.693. The van der Waals surface area contributed by atoms with E-state index in [0.29, 0.717) is 17.9 Å². The summed E-state index contributed by atoms with van der Waals surface area (Å²) in [5.41, 5.74) is 7.15. The van der Waals surface area contributed by atoms with Crippen molar-refractivity contribution >= 4 is 5.82 Å². The van der Waals surface area contributed by atoms with Crippen molar-refractivity contribution in [3.8, 4) is 11.4 Å². The molecule has 0 aliphatic carbocycles. The number of hydrogen-bond donors (Lipinski definition) is 1. The Morgan fingerprint density at radius 3 is 2.88 bits per heavy atom. The Hall–Kier alpha value is -2.11. The molecular weight excluding hydrogens is 223 g/mol. The molecule has 1 aromatic heterocycles. The first kappa shape index (κ1) is 11.4. The molecule has 17 heavy (non-hydrogen) atoms. The number of anilines is 1. The highest BCUT2D eigenvalue weighted by atomic mass is 19.1. The molecule has 0 saturated carbocycles. The molecule has 0 aliphatic heterocycles. The van der Waals surface area contributed by atoms with E-state index in [-0.39, 0.29) is 5.75 Å². The monoisotopic (exact) mass is 236 g/mol. The van der Waals surface area contributed by atoms with Crippen LogP contribution in [0, 0.1) is 5.82 Å². The van der Waals surface area contributed by atoms with E-state index in [4.69, 9.17) is 10.5 Å². The predicted molar refractivity (Wildman–Crippen MR) is 61.7 cm³/mol. The van der Waals surface area contributed by atoms with Crippen molar-refractivity contribution in [2.45, 2.75) is 13.3 Å². The van der Waals surface area contributed by atoms with Crippen molar-refractivity contribution in [1.82, 2.24) is 15.0 Å². The smallest absolute Gasteiger partial charge is 0.169 e. The fraction of sp³-hybridized carbons (Fsp3) is 0.273. The summed E-state index contributed by atoms with van der Waals surface area (Å²) in [4.78, 5) is 0. The molecule has 1 heterocycles. The van der Waals surface area contributed by atoms with Gasteiger partial charge in [-0.1, -0.05) is 12.1 Å². The Bertz CT molecular complexity index is 538. The van der Waals surface area contributed by atoms with Crippen LogP contribution >= 0.6 is 0 Å². The molecule has 0 unspecified atom stereocenters. The first-order valence-corrected chi connectivity index (χ1v) is 5.21. The van der Waals surface area contributed by atoms with Crippen molar-refractivity contribution in [3.63, 3.8) is 0 Å². The maximum absolute atomic E-state index is 13.3. The second-order valence-electron chi connectivity index (χ2n) is 3.51. The van der Waals surface area contributed by atoms with Gasteiger partial charge >= 0.3 is 0 Å². The quantitative estimate of drug-likeness (QED) is 0.878. The molecule has 1 aromatic carbocycles. The maximum Gasteiger partial charge on any atom is 0.169 e. The second kappa shape index (κ2) is 4.40. The van der Waals surface area contributed by atoms with E-state index in [1.807, 2.05) is 6.92 Å². The number of rotatable bonds is 3. The summed E-state index contributed by atoms with van der Waals surface area (Å²) < 4.78 is 19.8. The molecule has 2 rings (SSSR count). The maximum atomic E-state index is 13.3. The number of methoxy groups -OCH3 is 1. The number of ether oxygens (including phenoxy) is 1. The summed E-state index contributed by atoms with van der Waals surface area (Å²) in [6.45, 7) is 1.95. The first-order chi connectivity index (χ1) is 8.17. The zero-order valence-electron chi connectivity index (χ0n) is 9.64. The number of aromatic nitrogens is 3. The van der Waals surface area contributed by atoms with Gasteiger partial charge in [-0.2, -0.15) is 0 Å². The Balaban J connectivity index is 2.52. The number of nitrogens with zero attached hydrogens (tertiary/aromatic N) is 3. The number of nitrogen functional groups attached to an aromatic ring is 1. The molecule has 0 atom stereocenters. The normalized spacial score (nSPS) is 10.5. The first-order valence-electron chi connectivity index (χ1n) is 5.21. The second-order valence-corrected chi connectivity index (χ2v) is 3.51. The molecule has 2 aromatic rings. The fourth-order valence-corrected chi connectivity index (χ4v) is 1.63. The van der Waals surface area contributed by atoms with Gasteiger partial charge in [-0.15, -0.1) is 5.10 Å². The lowest BCUT2D eigenvalue weighted by Crippen LogP contribution is -2.03. The van der Waals surface area contributed by atoms with Crippen molar-refractivity contribution in [2.75, 3.05) is 12.8 Å². The molecule has 0 fully saturated rings. The van der Waals surface area contributed by atoms with Crippen molar-refractivity contribution in [1.29, 1.82) is 0 Å². The van der Waals surface area contributed by atoms with Gasteiger partial charge in [-0.05, 0) is 18.6 Å². The van der Waals surface area contributed by atoms with Gasteiger partial charge in [-0.25, -0.2) is 9.07 Å². The predicted octanol–water partition coefficient (Wildman–Crippen LogP) is 1.56. The topological polar surface area (TPSA) is 66.0 Å². The van der Waals surface area contributed by atoms with E-state index in [9.17, 15) is 4.39 Å². The number of hydrogen-bond acceptors (Lipinski definition) is 4. The molecule has 5 nitrogen and oxygen atoms in total. The number of nitrogens with two attached hydrogens (primary N) is 1. The van der Waals surface area contributed by atoms with Gasteiger partial charge < -0.3 is 10.5 Å². The van der Waals surface area contributed by atoms with E-state index in [2.05, 4.69) is 10.3 Å². The highest BCUT2D eigenvalue weighted by Crippen LogP contribution is 2.22. The standard InChI is InChI=1S/C11H13FN4O/c1-3-9-11(13)14-15-16(9)7-4-5-8(12)10(6-7)17-2/h4-6H,3,13H2,1-2H3. The van der Waals surface area contributed by atoms with Gasteiger partial charge in [0.2, 0.25) is 0 Å². The van der Waals surface area contributed by atoms with Crippen LogP contribution in [0.2, 0.25) is 0 Å². The van der Waals surface area contributed by atoms with Crippen LogP contribution in [0.15, 0.2) is 18.2 Å². The van der Waals surface area contributed by atoms with Crippen LogP contribution in [-0.4, -0.2) is 22.1 Å². The summed E-state index contributed by atoms with van der Waals surface area (Å²) in [5.74, 6) is 0.136. The fourth-order valence-electron chi connectivity index (χ4n) is 1.63. The minimum absolute atomic E-state index is 0.165. The molecule has 6 heteroatoms. The van der Waals surface area contributed by atoms with E-state index in [1.54, 1.807) is 16.8 Å². The van der Waals surface area contributed by atoms with Crippen LogP contribution < -0.4 is 10.5 Å². The lowest BCUT2D eigenvalue weighted by atomic mass is 10.2. The van der Waals surface area contributed by atoms with Crippen molar-refractivity contribution in [2.24, 2.45) is 0 Å². The van der Waals surface area contributed by atoms with Crippen LogP contribution in [0.1, 0.15) is 12.6 Å². The SMILES string of the molecule is CCc1c(N)nnn1-c1ccc(F)c(OC)c1. The molecule has 0 amide bonds. The highest BCUT2D eigenvalue weighted by molar-refractivity contribution is 5.44. The van der Waals surface area contributed by atoms with Crippen molar-refractivity contribution in [3.05, 3.63) is 29.7 Å². The third-order valence-corrected chi connectivity index (χ3v) is 2.51.